The Hall–Kier alpha value is -3.29. The molecular weight excluding hydrogens is 454 g/mol. The van der Waals surface area contributed by atoms with Gasteiger partial charge < -0.3 is 24.8 Å². The van der Waals surface area contributed by atoms with Gasteiger partial charge in [-0.05, 0) is 62.7 Å². The minimum absolute atomic E-state index is 0.179. The number of aromatic nitrogens is 1. The van der Waals surface area contributed by atoms with Gasteiger partial charge in [0.05, 0.1) is 18.2 Å². The highest BCUT2D eigenvalue weighted by Gasteiger charge is 2.14. The van der Waals surface area contributed by atoms with Crippen LogP contribution in [0, 0.1) is 6.92 Å². The lowest BCUT2D eigenvalue weighted by Gasteiger charge is -2.15. The number of anilines is 1. The van der Waals surface area contributed by atoms with Crippen molar-refractivity contribution in [1.29, 1.82) is 0 Å². The highest BCUT2D eigenvalue weighted by Crippen LogP contribution is 2.36. The molecule has 0 fully saturated rings. The van der Waals surface area contributed by atoms with Crippen LogP contribution in [0.25, 0.3) is 0 Å². The highest BCUT2D eigenvalue weighted by atomic mass is 35.5. The molecule has 0 saturated carbocycles. The molecule has 1 aromatic heterocycles. The number of nitrogens with one attached hydrogen (secondary N) is 2. The number of aryl methyl sites for hydroxylation is 1. The first kappa shape index (κ1) is 25.3. The highest BCUT2D eigenvalue weighted by molar-refractivity contribution is 6.32. The van der Waals surface area contributed by atoms with Gasteiger partial charge in [-0.25, -0.2) is 4.98 Å². The number of carbonyl (C=O) groups is 1. The molecule has 2 aromatic carbocycles. The van der Waals surface area contributed by atoms with Crippen LogP contribution >= 0.6 is 11.6 Å². The van der Waals surface area contributed by atoms with E-state index in [0.717, 1.165) is 24.1 Å². The van der Waals surface area contributed by atoms with E-state index >= 15 is 0 Å². The summed E-state index contributed by atoms with van der Waals surface area (Å²) in [6.07, 6.45) is 2.54. The maximum Gasteiger partial charge on any atom is 0.262 e. The molecule has 0 bridgehead atoms. The normalized spacial score (nSPS) is 10.6. The van der Waals surface area contributed by atoms with E-state index in [9.17, 15) is 4.79 Å². The van der Waals surface area contributed by atoms with Gasteiger partial charge in [-0.2, -0.15) is 0 Å². The molecule has 34 heavy (non-hydrogen) atoms. The van der Waals surface area contributed by atoms with Crippen LogP contribution in [-0.2, 0) is 11.3 Å². The van der Waals surface area contributed by atoms with E-state index in [1.165, 1.54) is 0 Å². The average Bonchev–Trinajstić information content (AvgIpc) is 2.83. The van der Waals surface area contributed by atoms with E-state index in [2.05, 4.69) is 15.6 Å². The second-order valence-electron chi connectivity index (χ2n) is 7.59. The van der Waals surface area contributed by atoms with E-state index in [1.807, 2.05) is 68.4 Å². The van der Waals surface area contributed by atoms with Gasteiger partial charge in [-0.1, -0.05) is 35.4 Å². The van der Waals surface area contributed by atoms with Crippen LogP contribution in [-0.4, -0.2) is 37.3 Å². The van der Waals surface area contributed by atoms with Gasteiger partial charge in [0.25, 0.3) is 5.91 Å². The molecule has 0 aliphatic rings. The number of ether oxygens (including phenoxy) is 3. The molecule has 180 valence electrons. The Morgan fingerprint density at radius 2 is 1.88 bits per heavy atom. The third-order valence-corrected chi connectivity index (χ3v) is 5.05. The van der Waals surface area contributed by atoms with Gasteiger partial charge in [0.1, 0.15) is 0 Å². The maximum atomic E-state index is 12.3. The summed E-state index contributed by atoms with van der Waals surface area (Å²) < 4.78 is 17.0. The number of benzene rings is 2. The van der Waals surface area contributed by atoms with Crippen LogP contribution in [0.4, 0.5) is 5.69 Å². The van der Waals surface area contributed by atoms with Crippen molar-refractivity contribution in [3.8, 4) is 17.4 Å². The zero-order valence-corrected chi connectivity index (χ0v) is 20.2. The number of pyridine rings is 1. The van der Waals surface area contributed by atoms with Crippen LogP contribution in [0.15, 0.2) is 60.8 Å². The van der Waals surface area contributed by atoms with Crippen LogP contribution in [0.3, 0.4) is 0 Å². The van der Waals surface area contributed by atoms with Crippen molar-refractivity contribution in [2.75, 3.05) is 31.7 Å². The van der Waals surface area contributed by atoms with Gasteiger partial charge in [-0.3, -0.25) is 4.79 Å². The maximum absolute atomic E-state index is 12.3. The summed E-state index contributed by atoms with van der Waals surface area (Å²) in [7, 11) is 0. The Balaban J connectivity index is 1.48. The van der Waals surface area contributed by atoms with Crippen LogP contribution in [0.1, 0.15) is 24.5 Å². The predicted octanol–water partition coefficient (Wildman–Crippen LogP) is 5.02. The molecule has 0 saturated heterocycles. The molecule has 0 spiro atoms. The van der Waals surface area contributed by atoms with Crippen LogP contribution in [0.5, 0.6) is 17.4 Å². The third kappa shape index (κ3) is 8.24. The van der Waals surface area contributed by atoms with E-state index in [4.69, 9.17) is 25.8 Å². The van der Waals surface area contributed by atoms with Crippen LogP contribution < -0.4 is 24.8 Å². The van der Waals surface area contributed by atoms with Gasteiger partial charge >= 0.3 is 0 Å². The topological polar surface area (TPSA) is 81.7 Å². The predicted molar refractivity (Wildman–Crippen MR) is 134 cm³/mol. The Bertz CT molecular complexity index is 1050. The first-order chi connectivity index (χ1) is 16.5. The Kier molecular flexibility index (Phi) is 10.0. The lowest BCUT2D eigenvalue weighted by molar-refractivity contribution is -0.118. The fourth-order valence-electron chi connectivity index (χ4n) is 3.14. The van der Waals surface area contributed by atoms with Crippen molar-refractivity contribution in [3.63, 3.8) is 0 Å². The van der Waals surface area contributed by atoms with Crippen molar-refractivity contribution in [1.82, 2.24) is 10.3 Å². The number of nitrogens with zero attached hydrogens (tertiary/aromatic N) is 1. The first-order valence-corrected chi connectivity index (χ1v) is 11.6. The van der Waals surface area contributed by atoms with E-state index in [0.29, 0.717) is 47.8 Å². The Morgan fingerprint density at radius 1 is 1.06 bits per heavy atom. The second kappa shape index (κ2) is 13.4. The van der Waals surface area contributed by atoms with Crippen molar-refractivity contribution in [2.45, 2.75) is 26.8 Å². The fourth-order valence-corrected chi connectivity index (χ4v) is 3.43. The summed E-state index contributed by atoms with van der Waals surface area (Å²) in [5.41, 5.74) is 2.78. The molecule has 3 rings (SSSR count). The first-order valence-electron chi connectivity index (χ1n) is 11.2. The number of halogens is 1. The number of hydrogen-bond donors (Lipinski definition) is 2. The van der Waals surface area contributed by atoms with Gasteiger partial charge in [-0.15, -0.1) is 0 Å². The molecule has 0 unspecified atom stereocenters. The summed E-state index contributed by atoms with van der Waals surface area (Å²) in [4.78, 5) is 16.4. The quantitative estimate of drug-likeness (QED) is 0.332. The van der Waals surface area contributed by atoms with Crippen molar-refractivity contribution >= 4 is 23.2 Å². The molecule has 7 nitrogen and oxygen atoms in total. The minimum atomic E-state index is -0.277. The number of rotatable bonds is 13. The lowest BCUT2D eigenvalue weighted by atomic mass is 10.2. The van der Waals surface area contributed by atoms with Gasteiger partial charge in [0, 0.05) is 24.5 Å². The molecule has 0 radical (unpaired) electrons. The van der Waals surface area contributed by atoms with E-state index in [1.54, 1.807) is 6.20 Å². The largest absolute Gasteiger partial charge is 0.490 e. The zero-order chi connectivity index (χ0) is 24.2. The summed E-state index contributed by atoms with van der Waals surface area (Å²) in [6, 6.07) is 16.8. The molecule has 0 atom stereocenters. The molecule has 1 amide bonds. The molecule has 0 aliphatic heterocycles. The summed E-state index contributed by atoms with van der Waals surface area (Å²) in [6.45, 7) is 6.10. The molecule has 8 heteroatoms. The standard InChI is InChI=1S/C26H30ClN3O4/c1-3-32-23-16-20(17-28-12-6-14-33-25-7-4-5-13-29-25)15-22(27)26(23)34-18-24(31)30-21-10-8-19(2)9-11-21/h4-5,7-11,13,15-16,28H,3,6,12,14,17-18H2,1-2H3,(H,30,31). The molecule has 2 N–H and O–H groups in total. The molecular formula is C26H30ClN3O4. The van der Waals surface area contributed by atoms with Crippen molar-refractivity contribution in [3.05, 3.63) is 76.9 Å². The monoisotopic (exact) mass is 483 g/mol. The number of carbonyl (C=O) groups excluding carboxylic acids is 1. The Labute approximate surface area is 205 Å². The number of hydrogen-bond acceptors (Lipinski definition) is 6. The summed E-state index contributed by atoms with van der Waals surface area (Å²) in [5.74, 6) is 1.21. The third-order valence-electron chi connectivity index (χ3n) is 4.77. The zero-order valence-electron chi connectivity index (χ0n) is 19.5. The molecule has 1 heterocycles. The smallest absolute Gasteiger partial charge is 0.262 e. The molecule has 0 aliphatic carbocycles. The fraction of sp³-hybridized carbons (Fsp3) is 0.308. The van der Waals surface area contributed by atoms with E-state index in [-0.39, 0.29) is 12.5 Å². The molecule has 3 aromatic rings. The average molecular weight is 484 g/mol. The Morgan fingerprint density at radius 3 is 2.62 bits per heavy atom. The van der Waals surface area contributed by atoms with Gasteiger partial charge in [0.2, 0.25) is 5.88 Å². The summed E-state index contributed by atoms with van der Waals surface area (Å²) >= 11 is 6.47. The van der Waals surface area contributed by atoms with Crippen molar-refractivity contribution < 1.29 is 19.0 Å². The minimum Gasteiger partial charge on any atom is -0.490 e. The summed E-state index contributed by atoms with van der Waals surface area (Å²) in [5, 5.41) is 6.56. The van der Waals surface area contributed by atoms with Gasteiger partial charge in [0.15, 0.2) is 18.1 Å². The number of amides is 1. The van der Waals surface area contributed by atoms with E-state index < -0.39 is 0 Å². The van der Waals surface area contributed by atoms with Crippen LogP contribution in [0.2, 0.25) is 5.02 Å². The SMILES string of the molecule is CCOc1cc(CNCCCOc2ccccn2)cc(Cl)c1OCC(=O)Nc1ccc(C)cc1. The lowest BCUT2D eigenvalue weighted by Crippen LogP contribution is -2.20. The van der Waals surface area contributed by atoms with Crippen molar-refractivity contribution in [2.24, 2.45) is 0 Å². The second-order valence-corrected chi connectivity index (χ2v) is 7.99.